The summed E-state index contributed by atoms with van der Waals surface area (Å²) in [6.45, 7) is 1.97. The number of aliphatic hydroxyl groups is 1. The molecule has 0 aromatic heterocycles. The van der Waals surface area contributed by atoms with Crippen LogP contribution < -0.4 is 5.73 Å². The molecule has 3 heteroatoms. The number of hydrogen-bond acceptors (Lipinski definition) is 2. The van der Waals surface area contributed by atoms with E-state index in [1.165, 1.54) is 18.2 Å². The Balaban J connectivity index is 2.36. The quantitative estimate of drug-likeness (QED) is 0.781. The van der Waals surface area contributed by atoms with E-state index in [4.69, 9.17) is 5.73 Å². The molecule has 2 nitrogen and oxygen atoms in total. The van der Waals surface area contributed by atoms with E-state index in [1.54, 1.807) is 0 Å². The first-order valence-corrected chi connectivity index (χ1v) is 5.37. The second kappa shape index (κ2) is 4.55. The van der Waals surface area contributed by atoms with Crippen LogP contribution in [0.3, 0.4) is 0 Å². The van der Waals surface area contributed by atoms with Crippen molar-refractivity contribution in [3.05, 3.63) is 65.0 Å². The van der Waals surface area contributed by atoms with Crippen LogP contribution in [0.4, 0.5) is 10.1 Å². The summed E-state index contributed by atoms with van der Waals surface area (Å²) in [6.07, 6.45) is -0.823. The summed E-state index contributed by atoms with van der Waals surface area (Å²) in [5.41, 5.74) is 8.34. The number of aliphatic hydroxyl groups excluding tert-OH is 1. The Morgan fingerprint density at radius 1 is 1.12 bits per heavy atom. The lowest BCUT2D eigenvalue weighted by molar-refractivity contribution is 0.221. The predicted octanol–water partition coefficient (Wildman–Crippen LogP) is 2.80. The molecule has 0 amide bonds. The molecule has 0 aliphatic rings. The van der Waals surface area contributed by atoms with Crippen molar-refractivity contribution in [2.24, 2.45) is 0 Å². The Bertz CT molecular complexity index is 522. The summed E-state index contributed by atoms with van der Waals surface area (Å²) in [7, 11) is 0. The molecule has 1 unspecified atom stereocenters. The van der Waals surface area contributed by atoms with Gasteiger partial charge in [-0.15, -0.1) is 0 Å². The van der Waals surface area contributed by atoms with Gasteiger partial charge in [-0.1, -0.05) is 35.9 Å². The number of hydrogen-bond donors (Lipinski definition) is 2. The van der Waals surface area contributed by atoms with E-state index in [0.29, 0.717) is 5.56 Å². The second-order valence-corrected chi connectivity index (χ2v) is 4.09. The first kappa shape index (κ1) is 11.6. The van der Waals surface area contributed by atoms with Gasteiger partial charge < -0.3 is 10.8 Å². The van der Waals surface area contributed by atoms with E-state index < -0.39 is 11.9 Å². The topological polar surface area (TPSA) is 46.2 Å². The van der Waals surface area contributed by atoms with Crippen molar-refractivity contribution in [2.75, 3.05) is 5.73 Å². The van der Waals surface area contributed by atoms with Crippen LogP contribution in [0, 0.1) is 12.7 Å². The van der Waals surface area contributed by atoms with Gasteiger partial charge in [0.05, 0.1) is 0 Å². The van der Waals surface area contributed by atoms with E-state index in [0.717, 1.165) is 11.1 Å². The minimum Gasteiger partial charge on any atom is -0.398 e. The van der Waals surface area contributed by atoms with E-state index in [2.05, 4.69) is 0 Å². The van der Waals surface area contributed by atoms with Gasteiger partial charge in [0.1, 0.15) is 11.9 Å². The summed E-state index contributed by atoms with van der Waals surface area (Å²) in [6, 6.07) is 11.5. The molecule has 0 saturated heterocycles. The standard InChI is InChI=1S/C14H14FNO/c1-9-2-4-10(5-3-9)14(17)12-7-6-11(15)8-13(12)16/h2-8,14,17H,16H2,1H3. The maximum absolute atomic E-state index is 12.9. The molecule has 0 bridgehead atoms. The molecule has 2 aromatic rings. The molecule has 0 radical (unpaired) electrons. The fourth-order valence-corrected chi connectivity index (χ4v) is 1.72. The normalized spacial score (nSPS) is 12.4. The van der Waals surface area contributed by atoms with Crippen LogP contribution in [-0.4, -0.2) is 5.11 Å². The summed E-state index contributed by atoms with van der Waals surface area (Å²) in [4.78, 5) is 0. The molecule has 2 rings (SSSR count). The van der Waals surface area contributed by atoms with Crippen LogP contribution in [0.2, 0.25) is 0 Å². The van der Waals surface area contributed by atoms with Crippen molar-refractivity contribution in [3.8, 4) is 0 Å². The van der Waals surface area contributed by atoms with E-state index in [-0.39, 0.29) is 5.69 Å². The molecule has 0 fully saturated rings. The molecule has 2 aromatic carbocycles. The van der Waals surface area contributed by atoms with Gasteiger partial charge in [0.2, 0.25) is 0 Å². The maximum atomic E-state index is 12.9. The smallest absolute Gasteiger partial charge is 0.125 e. The Morgan fingerprint density at radius 2 is 1.76 bits per heavy atom. The number of nitrogens with two attached hydrogens (primary N) is 1. The van der Waals surface area contributed by atoms with Gasteiger partial charge in [0.15, 0.2) is 0 Å². The first-order chi connectivity index (χ1) is 8.08. The number of rotatable bonds is 2. The lowest BCUT2D eigenvalue weighted by atomic mass is 9.99. The molecule has 17 heavy (non-hydrogen) atoms. The fourth-order valence-electron chi connectivity index (χ4n) is 1.72. The van der Waals surface area contributed by atoms with Crippen molar-refractivity contribution in [1.29, 1.82) is 0 Å². The summed E-state index contributed by atoms with van der Waals surface area (Å²) < 4.78 is 12.9. The zero-order valence-electron chi connectivity index (χ0n) is 9.52. The fraction of sp³-hybridized carbons (Fsp3) is 0.143. The second-order valence-electron chi connectivity index (χ2n) is 4.09. The van der Waals surface area contributed by atoms with Crippen LogP contribution in [0.15, 0.2) is 42.5 Å². The number of benzene rings is 2. The van der Waals surface area contributed by atoms with Gasteiger partial charge in [-0.05, 0) is 24.6 Å². The van der Waals surface area contributed by atoms with Gasteiger partial charge in [-0.2, -0.15) is 0 Å². The summed E-state index contributed by atoms with van der Waals surface area (Å²) in [5, 5.41) is 10.2. The molecule has 0 heterocycles. The number of halogens is 1. The largest absolute Gasteiger partial charge is 0.398 e. The molecule has 0 spiro atoms. The maximum Gasteiger partial charge on any atom is 0.125 e. The van der Waals surface area contributed by atoms with Crippen LogP contribution >= 0.6 is 0 Å². The third-order valence-corrected chi connectivity index (χ3v) is 2.74. The Morgan fingerprint density at radius 3 is 2.35 bits per heavy atom. The van der Waals surface area contributed by atoms with Crippen LogP contribution in [-0.2, 0) is 0 Å². The van der Waals surface area contributed by atoms with Crippen LogP contribution in [0.5, 0.6) is 0 Å². The zero-order chi connectivity index (χ0) is 12.4. The number of aryl methyl sites for hydroxylation is 1. The lowest BCUT2D eigenvalue weighted by Gasteiger charge is -2.14. The highest BCUT2D eigenvalue weighted by atomic mass is 19.1. The van der Waals surface area contributed by atoms with E-state index in [1.807, 2.05) is 31.2 Å². The van der Waals surface area contributed by atoms with Crippen molar-refractivity contribution >= 4 is 5.69 Å². The molecular formula is C14H14FNO. The Labute approximate surface area is 99.5 Å². The highest BCUT2D eigenvalue weighted by molar-refractivity contribution is 5.50. The van der Waals surface area contributed by atoms with Crippen molar-refractivity contribution in [2.45, 2.75) is 13.0 Å². The van der Waals surface area contributed by atoms with E-state index in [9.17, 15) is 9.50 Å². The summed E-state index contributed by atoms with van der Waals surface area (Å²) >= 11 is 0. The van der Waals surface area contributed by atoms with Gasteiger partial charge >= 0.3 is 0 Å². The minimum atomic E-state index is -0.823. The SMILES string of the molecule is Cc1ccc(C(O)c2ccc(F)cc2N)cc1. The average Bonchev–Trinajstić information content (AvgIpc) is 2.29. The van der Waals surface area contributed by atoms with Crippen LogP contribution in [0.1, 0.15) is 22.8 Å². The van der Waals surface area contributed by atoms with Gasteiger partial charge in [0.25, 0.3) is 0 Å². The molecule has 0 saturated carbocycles. The number of nitrogen functional groups attached to an aromatic ring is 1. The average molecular weight is 231 g/mol. The highest BCUT2D eigenvalue weighted by Gasteiger charge is 2.13. The lowest BCUT2D eigenvalue weighted by Crippen LogP contribution is -2.04. The van der Waals surface area contributed by atoms with Crippen molar-refractivity contribution in [1.82, 2.24) is 0 Å². The first-order valence-electron chi connectivity index (χ1n) is 5.37. The zero-order valence-corrected chi connectivity index (χ0v) is 9.52. The molecule has 0 aliphatic carbocycles. The van der Waals surface area contributed by atoms with Crippen molar-refractivity contribution in [3.63, 3.8) is 0 Å². The van der Waals surface area contributed by atoms with Crippen LogP contribution in [0.25, 0.3) is 0 Å². The molecule has 1 atom stereocenters. The Hall–Kier alpha value is -1.87. The van der Waals surface area contributed by atoms with Gasteiger partial charge in [-0.25, -0.2) is 4.39 Å². The molecule has 0 aliphatic heterocycles. The van der Waals surface area contributed by atoms with E-state index >= 15 is 0 Å². The third-order valence-electron chi connectivity index (χ3n) is 2.74. The molecule has 3 N–H and O–H groups in total. The minimum absolute atomic E-state index is 0.262. The van der Waals surface area contributed by atoms with Crippen molar-refractivity contribution < 1.29 is 9.50 Å². The monoisotopic (exact) mass is 231 g/mol. The molecule has 88 valence electrons. The number of anilines is 1. The Kier molecular flexibility index (Phi) is 3.11. The molecular weight excluding hydrogens is 217 g/mol. The predicted molar refractivity (Wildman–Crippen MR) is 66.1 cm³/mol. The van der Waals surface area contributed by atoms with Gasteiger partial charge in [-0.3, -0.25) is 0 Å². The summed E-state index contributed by atoms with van der Waals surface area (Å²) in [5.74, 6) is -0.401. The van der Waals surface area contributed by atoms with Gasteiger partial charge in [0, 0.05) is 11.3 Å². The highest BCUT2D eigenvalue weighted by Crippen LogP contribution is 2.27. The third kappa shape index (κ3) is 2.45.